The molecule has 0 saturated carbocycles. The van der Waals surface area contributed by atoms with Gasteiger partial charge in [0, 0.05) is 23.1 Å². The van der Waals surface area contributed by atoms with E-state index < -0.39 is 4.92 Å². The number of fused-ring (bicyclic) bond motifs is 1. The highest BCUT2D eigenvalue weighted by atomic mass is 35.5. The summed E-state index contributed by atoms with van der Waals surface area (Å²) in [6.45, 7) is 2.04. The number of nitro benzene ring substituents is 1. The molecule has 0 amide bonds. The summed E-state index contributed by atoms with van der Waals surface area (Å²) in [6.07, 6.45) is 0. The average molecular weight is 301 g/mol. The highest BCUT2D eigenvalue weighted by Crippen LogP contribution is 2.25. The van der Waals surface area contributed by atoms with E-state index >= 15 is 0 Å². The summed E-state index contributed by atoms with van der Waals surface area (Å²) in [4.78, 5) is 14.9. The predicted octanol–water partition coefficient (Wildman–Crippen LogP) is 4.54. The molecule has 0 atom stereocenters. The zero-order valence-electron chi connectivity index (χ0n) is 11.3. The quantitative estimate of drug-likeness (QED) is 0.515. The number of hydrogen-bond acceptors (Lipinski definition) is 3. The van der Waals surface area contributed by atoms with Crippen LogP contribution < -0.4 is 0 Å². The van der Waals surface area contributed by atoms with Gasteiger partial charge in [-0.3, -0.25) is 10.1 Å². The first kappa shape index (κ1) is 14.9. The summed E-state index contributed by atoms with van der Waals surface area (Å²) in [5.41, 5.74) is 3.87. The van der Waals surface area contributed by atoms with Crippen LogP contribution in [0.15, 0.2) is 54.6 Å². The van der Waals surface area contributed by atoms with Gasteiger partial charge in [0.1, 0.15) is 0 Å². The van der Waals surface area contributed by atoms with Crippen LogP contribution in [0.5, 0.6) is 0 Å². The molecular formula is C16H13ClN2O2. The van der Waals surface area contributed by atoms with Crippen LogP contribution in [0.25, 0.3) is 22.2 Å². The Labute approximate surface area is 128 Å². The number of nitrogens with zero attached hydrogens (tertiary/aromatic N) is 2. The molecule has 21 heavy (non-hydrogen) atoms. The third-order valence-electron chi connectivity index (χ3n) is 3.30. The number of hydrogen-bond donors (Lipinski definition) is 0. The lowest BCUT2D eigenvalue weighted by molar-refractivity contribution is -0.384. The van der Waals surface area contributed by atoms with Gasteiger partial charge in [0.15, 0.2) is 0 Å². The monoisotopic (exact) mass is 300 g/mol. The number of nitro groups is 1. The van der Waals surface area contributed by atoms with Crippen LogP contribution in [0.4, 0.5) is 5.69 Å². The van der Waals surface area contributed by atoms with Gasteiger partial charge in [-0.1, -0.05) is 18.2 Å². The molecule has 3 aromatic rings. The van der Waals surface area contributed by atoms with Crippen LogP contribution >= 0.6 is 12.4 Å². The Morgan fingerprint density at radius 3 is 2.38 bits per heavy atom. The summed E-state index contributed by atoms with van der Waals surface area (Å²) in [5, 5.41) is 11.8. The number of pyridine rings is 1. The smallest absolute Gasteiger partial charge is 0.258 e. The molecule has 2 aromatic carbocycles. The number of aryl methyl sites for hydroxylation is 1. The Bertz CT molecular complexity index is 801. The van der Waals surface area contributed by atoms with Crippen molar-refractivity contribution in [1.82, 2.24) is 4.98 Å². The molecule has 0 aliphatic rings. The molecule has 0 aliphatic carbocycles. The number of aromatic nitrogens is 1. The largest absolute Gasteiger partial charge is 0.269 e. The summed E-state index contributed by atoms with van der Waals surface area (Å²) in [7, 11) is 0. The Morgan fingerprint density at radius 1 is 1.05 bits per heavy atom. The average Bonchev–Trinajstić information content (AvgIpc) is 2.47. The minimum Gasteiger partial charge on any atom is -0.258 e. The summed E-state index contributed by atoms with van der Waals surface area (Å²) >= 11 is 0. The van der Waals surface area contributed by atoms with E-state index in [0.717, 1.165) is 27.7 Å². The van der Waals surface area contributed by atoms with Gasteiger partial charge in [-0.25, -0.2) is 4.98 Å². The van der Waals surface area contributed by atoms with Crippen LogP contribution in [0.2, 0.25) is 0 Å². The Hall–Kier alpha value is -2.46. The van der Waals surface area contributed by atoms with Crippen molar-refractivity contribution in [3.05, 3.63) is 70.3 Å². The second-order valence-corrected chi connectivity index (χ2v) is 4.65. The van der Waals surface area contributed by atoms with Crippen molar-refractivity contribution in [2.45, 2.75) is 6.92 Å². The third kappa shape index (κ3) is 2.85. The van der Waals surface area contributed by atoms with E-state index in [1.165, 1.54) is 12.1 Å². The van der Waals surface area contributed by atoms with Crippen LogP contribution in [-0.2, 0) is 0 Å². The van der Waals surface area contributed by atoms with Gasteiger partial charge in [0.2, 0.25) is 0 Å². The van der Waals surface area contributed by atoms with E-state index in [-0.39, 0.29) is 18.1 Å². The number of para-hydroxylation sites is 1. The van der Waals surface area contributed by atoms with E-state index in [4.69, 9.17) is 0 Å². The summed E-state index contributed by atoms with van der Waals surface area (Å²) < 4.78 is 0. The molecular weight excluding hydrogens is 288 g/mol. The third-order valence-corrected chi connectivity index (χ3v) is 3.30. The number of benzene rings is 2. The van der Waals surface area contributed by atoms with Gasteiger partial charge in [0.05, 0.1) is 16.1 Å². The Morgan fingerprint density at radius 2 is 1.71 bits per heavy atom. The maximum Gasteiger partial charge on any atom is 0.269 e. The van der Waals surface area contributed by atoms with E-state index in [1.54, 1.807) is 12.1 Å². The van der Waals surface area contributed by atoms with E-state index in [9.17, 15) is 10.1 Å². The molecule has 0 bridgehead atoms. The first-order chi connectivity index (χ1) is 9.65. The molecule has 0 N–H and O–H groups in total. The zero-order valence-corrected chi connectivity index (χ0v) is 12.1. The first-order valence-corrected chi connectivity index (χ1v) is 6.26. The minimum absolute atomic E-state index is 0. The normalized spacial score (nSPS) is 10.1. The van der Waals surface area contributed by atoms with E-state index in [2.05, 4.69) is 4.98 Å². The molecule has 0 fully saturated rings. The second kappa shape index (κ2) is 5.89. The van der Waals surface area contributed by atoms with Gasteiger partial charge in [0.25, 0.3) is 5.69 Å². The molecule has 5 heteroatoms. The van der Waals surface area contributed by atoms with Crippen molar-refractivity contribution in [2.75, 3.05) is 0 Å². The van der Waals surface area contributed by atoms with Gasteiger partial charge in [-0.2, -0.15) is 0 Å². The molecule has 3 rings (SSSR count). The lowest BCUT2D eigenvalue weighted by atomic mass is 10.1. The van der Waals surface area contributed by atoms with E-state index in [0.29, 0.717) is 0 Å². The molecule has 1 heterocycles. The summed E-state index contributed by atoms with van der Waals surface area (Å²) in [6, 6.07) is 16.4. The van der Waals surface area contributed by atoms with E-state index in [1.807, 2.05) is 37.3 Å². The van der Waals surface area contributed by atoms with Gasteiger partial charge < -0.3 is 0 Å². The molecule has 0 radical (unpaired) electrons. The van der Waals surface area contributed by atoms with Crippen molar-refractivity contribution in [1.29, 1.82) is 0 Å². The number of halogens is 1. The molecule has 0 saturated heterocycles. The number of rotatable bonds is 2. The first-order valence-electron chi connectivity index (χ1n) is 6.26. The van der Waals surface area contributed by atoms with Crippen LogP contribution in [0, 0.1) is 17.0 Å². The minimum atomic E-state index is -0.400. The van der Waals surface area contributed by atoms with Crippen molar-refractivity contribution in [3.8, 4) is 11.3 Å². The van der Waals surface area contributed by atoms with Crippen LogP contribution in [0.3, 0.4) is 0 Å². The van der Waals surface area contributed by atoms with Crippen molar-refractivity contribution >= 4 is 29.0 Å². The van der Waals surface area contributed by atoms with Gasteiger partial charge >= 0.3 is 0 Å². The van der Waals surface area contributed by atoms with Crippen molar-refractivity contribution in [2.24, 2.45) is 0 Å². The van der Waals surface area contributed by atoms with Crippen LogP contribution in [-0.4, -0.2) is 9.91 Å². The fraction of sp³-hybridized carbons (Fsp3) is 0.0625. The maximum atomic E-state index is 10.7. The van der Waals surface area contributed by atoms with Crippen LogP contribution in [0.1, 0.15) is 5.56 Å². The highest BCUT2D eigenvalue weighted by Gasteiger charge is 2.08. The zero-order chi connectivity index (χ0) is 14.1. The van der Waals surface area contributed by atoms with Gasteiger partial charge in [-0.15, -0.1) is 12.4 Å². The summed E-state index contributed by atoms with van der Waals surface area (Å²) in [5.74, 6) is 0. The maximum absolute atomic E-state index is 10.7. The molecule has 106 valence electrons. The Kier molecular flexibility index (Phi) is 4.19. The predicted molar refractivity (Wildman–Crippen MR) is 85.8 cm³/mol. The Balaban J connectivity index is 0.00000161. The fourth-order valence-corrected chi connectivity index (χ4v) is 2.25. The SMILES string of the molecule is Cc1cc(-c2ccc([N+](=O)[O-])cc2)nc2ccccc12.Cl. The van der Waals surface area contributed by atoms with Gasteiger partial charge in [-0.05, 0) is 36.8 Å². The highest BCUT2D eigenvalue weighted by molar-refractivity contribution is 5.85. The second-order valence-electron chi connectivity index (χ2n) is 4.65. The topological polar surface area (TPSA) is 56.0 Å². The lowest BCUT2D eigenvalue weighted by Crippen LogP contribution is -1.90. The number of non-ortho nitro benzene ring substituents is 1. The molecule has 0 unspecified atom stereocenters. The van der Waals surface area contributed by atoms with Crippen molar-refractivity contribution < 1.29 is 4.92 Å². The van der Waals surface area contributed by atoms with Crippen molar-refractivity contribution in [3.63, 3.8) is 0 Å². The molecule has 0 aliphatic heterocycles. The molecule has 4 nitrogen and oxygen atoms in total. The molecule has 1 aromatic heterocycles. The lowest BCUT2D eigenvalue weighted by Gasteiger charge is -2.06. The standard InChI is InChI=1S/C16H12N2O2.ClH/c1-11-10-16(17-15-5-3-2-4-14(11)15)12-6-8-13(9-7-12)18(19)20;/h2-10H,1H3;1H. The molecule has 0 spiro atoms. The fourth-order valence-electron chi connectivity index (χ4n) is 2.25.